The number of fused-ring (bicyclic) bond motifs is 7. The van der Waals surface area contributed by atoms with Crippen LogP contribution < -0.4 is 0 Å². The van der Waals surface area contributed by atoms with E-state index in [1.807, 2.05) is 6.92 Å². The topological polar surface area (TPSA) is 116 Å². The fourth-order valence-electron chi connectivity index (χ4n) is 11.4. The summed E-state index contributed by atoms with van der Waals surface area (Å²) >= 11 is 0. The molecular formula is C33H36O8. The summed E-state index contributed by atoms with van der Waals surface area (Å²) in [5.74, 6) is -1.90. The molecule has 5 saturated carbocycles. The highest BCUT2D eigenvalue weighted by atomic mass is 16.6. The zero-order valence-corrected chi connectivity index (χ0v) is 24.4. The van der Waals surface area contributed by atoms with Gasteiger partial charge in [-0.25, -0.2) is 9.59 Å². The monoisotopic (exact) mass is 560 g/mol. The molecule has 11 atom stereocenters. The molecule has 8 aliphatic rings. The van der Waals surface area contributed by atoms with Gasteiger partial charge < -0.3 is 19.3 Å². The van der Waals surface area contributed by atoms with Crippen molar-refractivity contribution in [2.45, 2.75) is 77.6 Å². The van der Waals surface area contributed by atoms with Crippen molar-refractivity contribution in [2.75, 3.05) is 7.11 Å². The van der Waals surface area contributed by atoms with Crippen LogP contribution >= 0.6 is 0 Å². The molecule has 1 N–H and O–H groups in total. The predicted octanol–water partition coefficient (Wildman–Crippen LogP) is 3.54. The van der Waals surface area contributed by atoms with Crippen LogP contribution in [0.4, 0.5) is 0 Å². The van der Waals surface area contributed by atoms with Gasteiger partial charge in [-0.3, -0.25) is 9.59 Å². The second-order valence-electron chi connectivity index (χ2n) is 14.4. The maximum atomic E-state index is 14.2. The molecule has 0 bridgehead atoms. The molecule has 0 saturated heterocycles. The number of Topliss-reactive ketones (excluding diaryl/α,β-unsaturated/α-hetero) is 1. The summed E-state index contributed by atoms with van der Waals surface area (Å²) in [6.45, 7) is 13.3. The molecule has 5 fully saturated rings. The zero-order chi connectivity index (χ0) is 29.3. The summed E-state index contributed by atoms with van der Waals surface area (Å²) in [7, 11) is 1.27. The number of esters is 3. The molecule has 0 aromatic carbocycles. The zero-order valence-electron chi connectivity index (χ0n) is 24.4. The quantitative estimate of drug-likeness (QED) is 0.236. The third kappa shape index (κ3) is 2.52. The third-order valence-electron chi connectivity index (χ3n) is 12.9. The first kappa shape index (κ1) is 25.7. The van der Waals surface area contributed by atoms with Crippen molar-refractivity contribution in [1.29, 1.82) is 0 Å². The minimum atomic E-state index is -1.45. The first-order chi connectivity index (χ1) is 19.2. The average molecular weight is 561 g/mol. The van der Waals surface area contributed by atoms with Crippen LogP contribution in [0.5, 0.6) is 0 Å². The van der Waals surface area contributed by atoms with E-state index in [0.717, 1.165) is 24.0 Å². The molecule has 1 aliphatic heterocycles. The molecule has 7 aliphatic carbocycles. The van der Waals surface area contributed by atoms with E-state index in [1.165, 1.54) is 14.0 Å². The summed E-state index contributed by atoms with van der Waals surface area (Å²) in [6.07, 6.45) is 1.51. The molecular weight excluding hydrogens is 524 g/mol. The highest BCUT2D eigenvalue weighted by Crippen LogP contribution is 2.83. The molecule has 216 valence electrons. The van der Waals surface area contributed by atoms with Crippen LogP contribution in [-0.2, 0) is 33.4 Å². The van der Waals surface area contributed by atoms with Crippen molar-refractivity contribution >= 4 is 23.7 Å². The van der Waals surface area contributed by atoms with Crippen LogP contribution in [0.25, 0.3) is 0 Å². The third-order valence-corrected chi connectivity index (χ3v) is 12.9. The van der Waals surface area contributed by atoms with Crippen LogP contribution in [0.3, 0.4) is 0 Å². The lowest BCUT2D eigenvalue weighted by Gasteiger charge is -2.63. The van der Waals surface area contributed by atoms with E-state index in [-0.39, 0.29) is 52.9 Å². The van der Waals surface area contributed by atoms with Gasteiger partial charge in [-0.05, 0) is 67.8 Å². The Labute approximate surface area is 238 Å². The van der Waals surface area contributed by atoms with Gasteiger partial charge in [-0.1, -0.05) is 26.0 Å². The van der Waals surface area contributed by atoms with E-state index in [4.69, 9.17) is 14.2 Å². The summed E-state index contributed by atoms with van der Waals surface area (Å²) in [4.78, 5) is 53.7. The number of ether oxygens (including phenoxy) is 3. The molecule has 8 nitrogen and oxygen atoms in total. The van der Waals surface area contributed by atoms with Crippen LogP contribution in [0.15, 0.2) is 45.6 Å². The standard InChI is InChI=1S/C33H36O8/c1-12-16-8-17(16)31(6)21-11-32(38)19-9-18(19)30(5)10-20(35)22(13(2)28(36)39-7)25(27(30)32)33(21)24(14(3)29(37)41-33)26(23(12)31)40-15(4)34/h16-19,21,23,26,38H,1,8-11H2,2-7H3/b22-13+/t16-,17-,18-,19+,21+,23+,26-,30+,31-,32+,33-/m1/s1. The Morgan fingerprint density at radius 1 is 1.10 bits per heavy atom. The van der Waals surface area contributed by atoms with E-state index < -0.39 is 52.0 Å². The number of methoxy groups -OCH3 is 1. The summed E-state index contributed by atoms with van der Waals surface area (Å²) < 4.78 is 17.8. The van der Waals surface area contributed by atoms with Crippen molar-refractivity contribution in [2.24, 2.45) is 46.3 Å². The summed E-state index contributed by atoms with van der Waals surface area (Å²) in [5, 5.41) is 12.8. The fraction of sp³-hybridized carbons (Fsp3) is 0.636. The lowest BCUT2D eigenvalue weighted by atomic mass is 9.43. The van der Waals surface area contributed by atoms with Crippen LogP contribution in [0, 0.1) is 46.3 Å². The SMILES string of the molecule is C=C1[C@H]2C[C@H]2[C@]2(C)[C@@H]3C[C@@]4(O)C5=C(/C(=C(\C)C(=O)OC)C(=O)C[C@@]5(C)[C@@H]5C[C@@H]54)[C@@]34OC(=O)C(C)=C4[C@H](OC(C)=O)[C@H]12. The van der Waals surface area contributed by atoms with Crippen molar-refractivity contribution in [3.05, 3.63) is 45.6 Å². The lowest BCUT2D eigenvalue weighted by Crippen LogP contribution is -2.67. The number of ketones is 1. The maximum Gasteiger partial charge on any atom is 0.335 e. The Morgan fingerprint density at radius 2 is 1.80 bits per heavy atom. The highest BCUT2D eigenvalue weighted by Gasteiger charge is 2.84. The first-order valence-electron chi connectivity index (χ1n) is 14.8. The molecule has 8 heteroatoms. The smallest absolute Gasteiger partial charge is 0.335 e. The number of hydrogen-bond donors (Lipinski definition) is 1. The number of hydrogen-bond acceptors (Lipinski definition) is 8. The van der Waals surface area contributed by atoms with Gasteiger partial charge in [-0.2, -0.15) is 0 Å². The van der Waals surface area contributed by atoms with E-state index in [1.54, 1.807) is 13.8 Å². The predicted molar refractivity (Wildman–Crippen MR) is 144 cm³/mol. The molecule has 0 unspecified atom stereocenters. The Kier molecular flexibility index (Phi) is 4.47. The van der Waals surface area contributed by atoms with E-state index in [2.05, 4.69) is 13.5 Å². The van der Waals surface area contributed by atoms with Crippen molar-refractivity contribution < 1.29 is 38.5 Å². The van der Waals surface area contributed by atoms with Gasteiger partial charge in [0.1, 0.15) is 6.10 Å². The number of aliphatic hydroxyl groups is 1. The largest absolute Gasteiger partial charge is 0.466 e. The van der Waals surface area contributed by atoms with E-state index in [0.29, 0.717) is 23.1 Å². The van der Waals surface area contributed by atoms with Crippen molar-refractivity contribution in [3.63, 3.8) is 0 Å². The minimum absolute atomic E-state index is 0.00101. The van der Waals surface area contributed by atoms with Gasteiger partial charge in [0.15, 0.2) is 11.4 Å². The van der Waals surface area contributed by atoms with Gasteiger partial charge >= 0.3 is 17.9 Å². The second kappa shape index (κ2) is 7.13. The number of rotatable bonds is 2. The van der Waals surface area contributed by atoms with Gasteiger partial charge in [0.25, 0.3) is 0 Å². The summed E-state index contributed by atoms with van der Waals surface area (Å²) in [6, 6.07) is 0. The van der Waals surface area contributed by atoms with Crippen molar-refractivity contribution in [1.82, 2.24) is 0 Å². The molecule has 0 radical (unpaired) electrons. The Hall–Kier alpha value is -3.00. The molecule has 0 aromatic rings. The first-order valence-corrected chi connectivity index (χ1v) is 14.8. The lowest BCUT2D eigenvalue weighted by molar-refractivity contribution is -0.182. The Balaban J connectivity index is 1.53. The molecule has 1 spiro atoms. The van der Waals surface area contributed by atoms with Crippen LogP contribution in [-0.4, -0.2) is 53.2 Å². The normalized spacial score (nSPS) is 50.7. The fourth-order valence-corrected chi connectivity index (χ4v) is 11.4. The summed E-state index contributed by atoms with van der Waals surface area (Å²) in [5.41, 5.74) is -0.387. The van der Waals surface area contributed by atoms with Gasteiger partial charge in [-0.15, -0.1) is 0 Å². The minimum Gasteiger partial charge on any atom is -0.466 e. The number of carbonyl (C=O) groups excluding carboxylic acids is 4. The highest BCUT2D eigenvalue weighted by molar-refractivity contribution is 6.10. The second-order valence-corrected chi connectivity index (χ2v) is 14.4. The maximum absolute atomic E-state index is 14.2. The molecule has 1 heterocycles. The van der Waals surface area contributed by atoms with Crippen LogP contribution in [0.1, 0.15) is 60.3 Å². The van der Waals surface area contributed by atoms with Crippen LogP contribution in [0.2, 0.25) is 0 Å². The van der Waals surface area contributed by atoms with Crippen molar-refractivity contribution in [3.8, 4) is 0 Å². The number of carbonyl (C=O) groups is 4. The Bertz CT molecular complexity index is 1560. The Morgan fingerprint density at radius 3 is 2.46 bits per heavy atom. The molecule has 8 rings (SSSR count). The van der Waals surface area contributed by atoms with Gasteiger partial charge in [0.2, 0.25) is 0 Å². The van der Waals surface area contributed by atoms with Gasteiger partial charge in [0.05, 0.1) is 12.7 Å². The average Bonchev–Trinajstić information content (AvgIpc) is 3.80. The van der Waals surface area contributed by atoms with Gasteiger partial charge in [0, 0.05) is 58.5 Å². The molecule has 41 heavy (non-hydrogen) atoms. The molecule has 0 aromatic heterocycles. The van der Waals surface area contributed by atoms with E-state index >= 15 is 0 Å². The van der Waals surface area contributed by atoms with E-state index in [9.17, 15) is 24.3 Å². The molecule has 0 amide bonds.